The smallest absolute Gasteiger partial charge is 0.268 e. The number of benzene rings is 3. The first-order chi connectivity index (χ1) is 15.1. The molecule has 1 aromatic heterocycles. The molecular formula is C26H22N2O3. The van der Waals surface area contributed by atoms with Crippen LogP contribution >= 0.6 is 0 Å². The van der Waals surface area contributed by atoms with Gasteiger partial charge in [-0.05, 0) is 30.2 Å². The van der Waals surface area contributed by atoms with Crippen molar-refractivity contribution in [2.45, 2.75) is 13.5 Å². The van der Waals surface area contributed by atoms with Crippen LogP contribution in [-0.2, 0) is 11.4 Å². The van der Waals surface area contributed by atoms with Crippen molar-refractivity contribution in [2.75, 3.05) is 0 Å². The van der Waals surface area contributed by atoms with E-state index < -0.39 is 0 Å². The lowest BCUT2D eigenvalue weighted by atomic mass is 10.1. The summed E-state index contributed by atoms with van der Waals surface area (Å²) in [6.45, 7) is 1.92. The van der Waals surface area contributed by atoms with E-state index in [4.69, 9.17) is 4.84 Å². The van der Waals surface area contributed by atoms with Crippen molar-refractivity contribution in [2.24, 2.45) is 5.16 Å². The third-order valence-electron chi connectivity index (χ3n) is 4.91. The molecule has 1 heterocycles. The summed E-state index contributed by atoms with van der Waals surface area (Å²) < 4.78 is 1.58. The highest BCUT2D eigenvalue weighted by atomic mass is 16.6. The maximum atomic E-state index is 13.5. The number of aromatic hydroxyl groups is 1. The van der Waals surface area contributed by atoms with E-state index in [2.05, 4.69) is 5.16 Å². The number of pyridine rings is 1. The predicted molar refractivity (Wildman–Crippen MR) is 123 cm³/mol. The molecule has 0 aliphatic carbocycles. The lowest BCUT2D eigenvalue weighted by Crippen LogP contribution is -2.26. The average molecular weight is 410 g/mol. The van der Waals surface area contributed by atoms with E-state index >= 15 is 0 Å². The maximum absolute atomic E-state index is 13.5. The van der Waals surface area contributed by atoms with Crippen LogP contribution in [0.2, 0.25) is 0 Å². The molecule has 4 aromatic rings. The summed E-state index contributed by atoms with van der Waals surface area (Å²) in [7, 11) is 0. The van der Waals surface area contributed by atoms with Gasteiger partial charge in [0.1, 0.15) is 17.9 Å². The Hall–Kier alpha value is -4.12. The molecule has 0 atom stereocenters. The van der Waals surface area contributed by atoms with Gasteiger partial charge in [0.2, 0.25) is 0 Å². The van der Waals surface area contributed by atoms with Crippen LogP contribution in [0, 0.1) is 0 Å². The van der Waals surface area contributed by atoms with Gasteiger partial charge in [-0.25, -0.2) is 0 Å². The summed E-state index contributed by atoms with van der Waals surface area (Å²) in [6.07, 6.45) is 0. The van der Waals surface area contributed by atoms with Crippen molar-refractivity contribution in [1.29, 1.82) is 0 Å². The minimum absolute atomic E-state index is 0.108. The number of hydrogen-bond donors (Lipinski definition) is 1. The van der Waals surface area contributed by atoms with E-state index in [1.165, 1.54) is 0 Å². The van der Waals surface area contributed by atoms with Crippen molar-refractivity contribution in [3.63, 3.8) is 0 Å². The summed E-state index contributed by atoms with van der Waals surface area (Å²) in [5, 5.41) is 14.8. The standard InChI is InChI=1S/C26H22N2O3/c1-19(27-31-18-20-11-5-2-6-12-20)25-24(29)17-23(21-13-7-3-8-14-21)28(26(25)30)22-15-9-4-10-16-22/h2-17,29H,18H2,1H3/b27-19+. The topological polar surface area (TPSA) is 63.8 Å². The second-order valence-corrected chi connectivity index (χ2v) is 7.07. The van der Waals surface area contributed by atoms with Gasteiger partial charge < -0.3 is 9.94 Å². The van der Waals surface area contributed by atoms with Crippen LogP contribution < -0.4 is 5.56 Å². The van der Waals surface area contributed by atoms with Crippen molar-refractivity contribution in [3.8, 4) is 22.7 Å². The lowest BCUT2D eigenvalue weighted by molar-refractivity contribution is 0.130. The molecule has 31 heavy (non-hydrogen) atoms. The average Bonchev–Trinajstić information content (AvgIpc) is 2.80. The predicted octanol–water partition coefficient (Wildman–Crippen LogP) is 5.15. The molecule has 5 nitrogen and oxygen atoms in total. The van der Waals surface area contributed by atoms with E-state index in [9.17, 15) is 9.90 Å². The molecular weight excluding hydrogens is 388 g/mol. The van der Waals surface area contributed by atoms with Crippen LogP contribution in [0.3, 0.4) is 0 Å². The summed E-state index contributed by atoms with van der Waals surface area (Å²) in [4.78, 5) is 19.0. The molecule has 154 valence electrons. The molecule has 0 spiro atoms. The Morgan fingerprint density at radius 3 is 2.13 bits per heavy atom. The number of aromatic nitrogens is 1. The van der Waals surface area contributed by atoms with Crippen LogP contribution in [-0.4, -0.2) is 15.4 Å². The van der Waals surface area contributed by atoms with Gasteiger partial charge in [0, 0.05) is 11.8 Å². The van der Waals surface area contributed by atoms with Gasteiger partial charge in [0.15, 0.2) is 0 Å². The Labute approximate surface area is 180 Å². The molecule has 0 aliphatic heterocycles. The quantitative estimate of drug-likeness (QED) is 0.353. The van der Waals surface area contributed by atoms with Crippen LogP contribution in [0.1, 0.15) is 18.1 Å². The Balaban J connectivity index is 1.79. The fourth-order valence-corrected chi connectivity index (χ4v) is 3.42. The normalized spacial score (nSPS) is 11.3. The van der Waals surface area contributed by atoms with E-state index in [0.29, 0.717) is 17.1 Å². The Morgan fingerprint density at radius 2 is 1.48 bits per heavy atom. The van der Waals surface area contributed by atoms with Gasteiger partial charge in [-0.1, -0.05) is 84.0 Å². The zero-order chi connectivity index (χ0) is 21.6. The van der Waals surface area contributed by atoms with Gasteiger partial charge in [-0.2, -0.15) is 0 Å². The van der Waals surface area contributed by atoms with E-state index in [1.807, 2.05) is 91.0 Å². The number of rotatable bonds is 6. The summed E-state index contributed by atoms with van der Waals surface area (Å²) in [6, 6.07) is 30.0. The van der Waals surface area contributed by atoms with Gasteiger partial charge in [0.25, 0.3) is 5.56 Å². The summed E-state index contributed by atoms with van der Waals surface area (Å²) in [5.74, 6) is -0.138. The molecule has 0 amide bonds. The highest BCUT2D eigenvalue weighted by Gasteiger charge is 2.19. The fourth-order valence-electron chi connectivity index (χ4n) is 3.42. The largest absolute Gasteiger partial charge is 0.507 e. The molecule has 1 N–H and O–H groups in total. The van der Waals surface area contributed by atoms with Gasteiger partial charge >= 0.3 is 0 Å². The van der Waals surface area contributed by atoms with Crippen LogP contribution in [0.25, 0.3) is 16.9 Å². The van der Waals surface area contributed by atoms with Crippen molar-refractivity contribution in [3.05, 3.63) is 119 Å². The molecule has 5 heteroatoms. The van der Waals surface area contributed by atoms with Crippen molar-refractivity contribution < 1.29 is 9.94 Å². The molecule has 0 saturated heterocycles. The first kappa shape index (κ1) is 20.2. The highest BCUT2D eigenvalue weighted by Crippen LogP contribution is 2.27. The molecule has 3 aromatic carbocycles. The molecule has 4 rings (SSSR count). The minimum atomic E-state index is -0.366. The zero-order valence-corrected chi connectivity index (χ0v) is 17.1. The second kappa shape index (κ2) is 9.13. The van der Waals surface area contributed by atoms with Crippen LogP contribution in [0.5, 0.6) is 5.75 Å². The first-order valence-electron chi connectivity index (χ1n) is 9.96. The van der Waals surface area contributed by atoms with Crippen molar-refractivity contribution >= 4 is 5.71 Å². The molecule has 0 aliphatic rings. The van der Waals surface area contributed by atoms with Gasteiger partial charge in [0.05, 0.1) is 11.4 Å². The summed E-state index contributed by atoms with van der Waals surface area (Å²) >= 11 is 0. The van der Waals surface area contributed by atoms with E-state index in [0.717, 1.165) is 11.1 Å². The Bertz CT molecular complexity index is 1250. The van der Waals surface area contributed by atoms with E-state index in [1.54, 1.807) is 17.6 Å². The number of hydrogen-bond acceptors (Lipinski definition) is 4. The first-order valence-corrected chi connectivity index (χ1v) is 9.96. The number of oxime groups is 1. The second-order valence-electron chi connectivity index (χ2n) is 7.07. The fraction of sp³-hybridized carbons (Fsp3) is 0.0769. The third kappa shape index (κ3) is 4.41. The van der Waals surface area contributed by atoms with Crippen LogP contribution in [0.4, 0.5) is 0 Å². The number of nitrogens with zero attached hydrogens (tertiary/aromatic N) is 2. The van der Waals surface area contributed by atoms with Crippen molar-refractivity contribution in [1.82, 2.24) is 4.57 Å². The molecule has 0 fully saturated rings. The molecule has 0 unspecified atom stereocenters. The monoisotopic (exact) mass is 410 g/mol. The maximum Gasteiger partial charge on any atom is 0.268 e. The zero-order valence-electron chi connectivity index (χ0n) is 17.1. The molecule has 0 saturated carbocycles. The Kier molecular flexibility index (Phi) is 5.94. The van der Waals surface area contributed by atoms with E-state index in [-0.39, 0.29) is 23.5 Å². The Morgan fingerprint density at radius 1 is 0.903 bits per heavy atom. The van der Waals surface area contributed by atoms with Gasteiger partial charge in [-0.3, -0.25) is 9.36 Å². The third-order valence-corrected chi connectivity index (χ3v) is 4.91. The number of para-hydroxylation sites is 1. The molecule has 0 radical (unpaired) electrons. The van der Waals surface area contributed by atoms with Crippen LogP contribution in [0.15, 0.2) is 107 Å². The SMILES string of the molecule is C/C(=N\OCc1ccccc1)c1c(O)cc(-c2ccccc2)n(-c2ccccc2)c1=O. The highest BCUT2D eigenvalue weighted by molar-refractivity contribution is 6.00. The van der Waals surface area contributed by atoms with Gasteiger partial charge in [-0.15, -0.1) is 0 Å². The lowest BCUT2D eigenvalue weighted by Gasteiger charge is -2.16. The molecule has 0 bridgehead atoms. The minimum Gasteiger partial charge on any atom is -0.507 e. The summed E-state index contributed by atoms with van der Waals surface area (Å²) in [5.41, 5.74) is 3.13.